The molecular formula is C26H38N4O8. The minimum Gasteiger partial charge on any atom is -0.477 e. The average molecular weight is 535 g/mol. The maximum absolute atomic E-state index is 11.2. The molecule has 210 valence electrons. The van der Waals surface area contributed by atoms with Gasteiger partial charge in [0.05, 0.1) is 57.6 Å². The molecule has 0 fully saturated rings. The molecule has 0 amide bonds. The van der Waals surface area contributed by atoms with Gasteiger partial charge < -0.3 is 34.5 Å². The van der Waals surface area contributed by atoms with Gasteiger partial charge >= 0.3 is 11.9 Å². The fraction of sp³-hybridized carbons (Fsp3) is 0.538. The highest BCUT2D eigenvalue weighted by Crippen LogP contribution is 2.05. The molecule has 0 aliphatic carbocycles. The van der Waals surface area contributed by atoms with Gasteiger partial charge in [0.15, 0.2) is 0 Å². The number of carboxylic acid groups (broad SMARTS) is 2. The molecule has 2 aromatic rings. The molecule has 0 saturated heterocycles. The van der Waals surface area contributed by atoms with E-state index < -0.39 is 11.9 Å². The molecule has 2 aromatic heterocycles. The summed E-state index contributed by atoms with van der Waals surface area (Å²) in [4.78, 5) is 32.6. The highest BCUT2D eigenvalue weighted by molar-refractivity contribution is 5.85. The summed E-state index contributed by atoms with van der Waals surface area (Å²) < 4.78 is 22.2. The lowest BCUT2D eigenvalue weighted by atomic mass is 10.3. The van der Waals surface area contributed by atoms with Crippen molar-refractivity contribution < 1.29 is 38.7 Å². The number of pyridine rings is 2. The molecule has 0 aliphatic rings. The maximum atomic E-state index is 11.2. The van der Waals surface area contributed by atoms with Gasteiger partial charge in [-0.2, -0.15) is 0 Å². The number of aromatic nitrogens is 2. The first-order valence-electron chi connectivity index (χ1n) is 12.6. The largest absolute Gasteiger partial charge is 0.477 e. The summed E-state index contributed by atoms with van der Waals surface area (Å²) in [6.07, 6.45) is 0. The average Bonchev–Trinajstić information content (AvgIpc) is 2.91. The van der Waals surface area contributed by atoms with Crippen LogP contribution in [0.5, 0.6) is 0 Å². The van der Waals surface area contributed by atoms with Crippen molar-refractivity contribution in [2.24, 2.45) is 0 Å². The normalized spacial score (nSPS) is 11.2. The predicted molar refractivity (Wildman–Crippen MR) is 138 cm³/mol. The van der Waals surface area contributed by atoms with Crippen LogP contribution in [0.2, 0.25) is 0 Å². The number of hydrogen-bond donors (Lipinski definition) is 3. The van der Waals surface area contributed by atoms with Crippen molar-refractivity contribution >= 4 is 11.9 Å². The second kappa shape index (κ2) is 19.1. The highest BCUT2D eigenvalue weighted by Gasteiger charge is 2.10. The number of aromatic carboxylic acids is 2. The highest BCUT2D eigenvalue weighted by atomic mass is 16.5. The van der Waals surface area contributed by atoms with Gasteiger partial charge in [-0.05, 0) is 31.2 Å². The molecule has 12 heteroatoms. The topological polar surface area (TPSA) is 153 Å². The molecule has 2 rings (SSSR count). The number of nitrogens with one attached hydrogen (secondary N) is 1. The van der Waals surface area contributed by atoms with E-state index in [0.29, 0.717) is 97.0 Å². The Labute approximate surface area is 222 Å². The second-order valence-electron chi connectivity index (χ2n) is 8.13. The Morgan fingerprint density at radius 1 is 0.763 bits per heavy atom. The number of carbonyl (C=O) groups is 2. The van der Waals surface area contributed by atoms with Crippen molar-refractivity contribution in [3.05, 3.63) is 59.2 Å². The summed E-state index contributed by atoms with van der Waals surface area (Å²) in [5.74, 6) is -2.10. The Kier molecular flexibility index (Phi) is 15.7. The van der Waals surface area contributed by atoms with Gasteiger partial charge in [-0.1, -0.05) is 12.1 Å². The molecule has 0 aliphatic heterocycles. The van der Waals surface area contributed by atoms with E-state index in [1.54, 1.807) is 24.3 Å². The molecule has 38 heavy (non-hydrogen) atoms. The third kappa shape index (κ3) is 13.5. The lowest BCUT2D eigenvalue weighted by Crippen LogP contribution is -2.31. The van der Waals surface area contributed by atoms with E-state index in [-0.39, 0.29) is 11.4 Å². The van der Waals surface area contributed by atoms with Gasteiger partial charge in [0.2, 0.25) is 0 Å². The minimum absolute atomic E-state index is 0.0170. The predicted octanol–water partition coefficient (Wildman–Crippen LogP) is 1.55. The first kappa shape index (κ1) is 31.2. The Morgan fingerprint density at radius 3 is 1.87 bits per heavy atom. The number of rotatable bonds is 22. The Hall–Kier alpha value is -3.00. The van der Waals surface area contributed by atoms with E-state index in [1.807, 2.05) is 6.92 Å². The van der Waals surface area contributed by atoms with Crippen LogP contribution in [0.25, 0.3) is 0 Å². The lowest BCUT2D eigenvalue weighted by Gasteiger charge is -2.22. The second-order valence-corrected chi connectivity index (χ2v) is 8.13. The van der Waals surface area contributed by atoms with E-state index in [2.05, 4.69) is 20.2 Å². The zero-order valence-electron chi connectivity index (χ0n) is 21.8. The molecular weight excluding hydrogens is 496 g/mol. The van der Waals surface area contributed by atoms with Crippen LogP contribution < -0.4 is 5.32 Å². The van der Waals surface area contributed by atoms with Crippen LogP contribution in [0.4, 0.5) is 0 Å². The molecule has 12 nitrogen and oxygen atoms in total. The van der Waals surface area contributed by atoms with Gasteiger partial charge in [-0.15, -0.1) is 0 Å². The van der Waals surface area contributed by atoms with Crippen molar-refractivity contribution in [2.45, 2.75) is 20.0 Å². The van der Waals surface area contributed by atoms with Gasteiger partial charge in [-0.3, -0.25) is 4.90 Å². The third-order valence-corrected chi connectivity index (χ3v) is 5.22. The van der Waals surface area contributed by atoms with Crippen LogP contribution in [0, 0.1) is 0 Å². The zero-order valence-corrected chi connectivity index (χ0v) is 21.8. The van der Waals surface area contributed by atoms with Crippen molar-refractivity contribution in [1.82, 2.24) is 20.2 Å². The molecule has 3 N–H and O–H groups in total. The molecule has 0 radical (unpaired) electrons. The van der Waals surface area contributed by atoms with E-state index in [0.717, 1.165) is 0 Å². The summed E-state index contributed by atoms with van der Waals surface area (Å²) in [5, 5.41) is 21.3. The van der Waals surface area contributed by atoms with Crippen molar-refractivity contribution in [3.8, 4) is 0 Å². The Bertz CT molecular complexity index is 962. The standard InChI is InChI=1S/C26H38N4O8/c1-2-35-15-16-37-13-10-30(20-22-6-4-8-24(29-22)26(33)34)11-14-38-18-17-36-12-9-27-19-21-5-3-7-23(28-21)25(31)32/h3-8,27H,2,9-20H2,1H3,(H,31,32)(H,33,34). The minimum atomic E-state index is -1.06. The lowest BCUT2D eigenvalue weighted by molar-refractivity contribution is 0.0241. The number of ether oxygens (including phenoxy) is 4. The summed E-state index contributed by atoms with van der Waals surface area (Å²) in [6, 6.07) is 9.86. The molecule has 0 unspecified atom stereocenters. The smallest absolute Gasteiger partial charge is 0.354 e. The molecule has 0 saturated carbocycles. The monoisotopic (exact) mass is 534 g/mol. The fourth-order valence-electron chi connectivity index (χ4n) is 3.32. The van der Waals surface area contributed by atoms with E-state index >= 15 is 0 Å². The van der Waals surface area contributed by atoms with Crippen LogP contribution in [-0.4, -0.2) is 110 Å². The molecule has 2 heterocycles. The Morgan fingerprint density at radius 2 is 1.29 bits per heavy atom. The van der Waals surface area contributed by atoms with E-state index in [9.17, 15) is 14.7 Å². The first-order chi connectivity index (χ1) is 18.5. The molecule has 0 aromatic carbocycles. The number of carboxylic acids is 2. The van der Waals surface area contributed by atoms with Gasteiger partial charge in [-0.25, -0.2) is 19.6 Å². The van der Waals surface area contributed by atoms with Crippen LogP contribution >= 0.6 is 0 Å². The zero-order chi connectivity index (χ0) is 27.4. The van der Waals surface area contributed by atoms with E-state index in [4.69, 9.17) is 24.1 Å². The first-order valence-corrected chi connectivity index (χ1v) is 12.6. The maximum Gasteiger partial charge on any atom is 0.354 e. The van der Waals surface area contributed by atoms with Crippen LogP contribution in [0.1, 0.15) is 39.3 Å². The van der Waals surface area contributed by atoms with Crippen molar-refractivity contribution in [3.63, 3.8) is 0 Å². The Balaban J connectivity index is 1.62. The number of nitrogens with zero attached hydrogens (tertiary/aromatic N) is 3. The summed E-state index contributed by atoms with van der Waals surface area (Å²) in [6.45, 7) is 8.80. The van der Waals surface area contributed by atoms with Gasteiger partial charge in [0.25, 0.3) is 0 Å². The summed E-state index contributed by atoms with van der Waals surface area (Å²) in [7, 11) is 0. The van der Waals surface area contributed by atoms with Crippen molar-refractivity contribution in [2.75, 3.05) is 72.5 Å². The molecule has 0 spiro atoms. The fourth-order valence-corrected chi connectivity index (χ4v) is 3.32. The SMILES string of the molecule is CCOCCOCCN(CCOCCOCCNCc1cccc(C(=O)O)n1)Cc1cccc(C(=O)O)n1. The summed E-state index contributed by atoms with van der Waals surface area (Å²) >= 11 is 0. The third-order valence-electron chi connectivity index (χ3n) is 5.22. The quantitative estimate of drug-likeness (QED) is 0.188. The number of hydrogen-bond acceptors (Lipinski definition) is 10. The molecule has 0 atom stereocenters. The van der Waals surface area contributed by atoms with Crippen molar-refractivity contribution in [1.29, 1.82) is 0 Å². The van der Waals surface area contributed by atoms with Crippen LogP contribution in [-0.2, 0) is 32.0 Å². The summed E-state index contributed by atoms with van der Waals surface area (Å²) in [5.41, 5.74) is 1.36. The van der Waals surface area contributed by atoms with E-state index in [1.165, 1.54) is 12.1 Å². The van der Waals surface area contributed by atoms with Crippen LogP contribution in [0.3, 0.4) is 0 Å². The van der Waals surface area contributed by atoms with Crippen LogP contribution in [0.15, 0.2) is 36.4 Å². The molecule has 0 bridgehead atoms. The van der Waals surface area contributed by atoms with Gasteiger partial charge in [0.1, 0.15) is 11.4 Å². The van der Waals surface area contributed by atoms with Gasteiger partial charge in [0, 0.05) is 39.3 Å².